The minimum atomic E-state index is -0.578. The third kappa shape index (κ3) is 7.30. The summed E-state index contributed by atoms with van der Waals surface area (Å²) in [6.45, 7) is 7.84. The van der Waals surface area contributed by atoms with Crippen molar-refractivity contribution in [3.05, 3.63) is 88.8 Å². The van der Waals surface area contributed by atoms with Gasteiger partial charge in [0.05, 0.1) is 35.4 Å². The van der Waals surface area contributed by atoms with Crippen LogP contribution in [0.3, 0.4) is 0 Å². The van der Waals surface area contributed by atoms with Crippen LogP contribution in [0.15, 0.2) is 67.0 Å². The Morgan fingerprint density at radius 3 is 2.43 bits per heavy atom. The van der Waals surface area contributed by atoms with Gasteiger partial charge in [0.2, 0.25) is 11.8 Å². The summed E-state index contributed by atoms with van der Waals surface area (Å²) < 4.78 is 1.52. The van der Waals surface area contributed by atoms with Crippen molar-refractivity contribution in [1.29, 1.82) is 0 Å². The summed E-state index contributed by atoms with van der Waals surface area (Å²) in [7, 11) is 1.82. The summed E-state index contributed by atoms with van der Waals surface area (Å²) in [4.78, 5) is 55.3. The molecule has 7 heterocycles. The van der Waals surface area contributed by atoms with Crippen LogP contribution in [0.5, 0.6) is 0 Å². The van der Waals surface area contributed by atoms with Gasteiger partial charge >= 0.3 is 0 Å². The Morgan fingerprint density at radius 2 is 1.69 bits per heavy atom. The number of nitrogens with one attached hydrogen (secondary N) is 2. The summed E-state index contributed by atoms with van der Waals surface area (Å²) in [6, 6.07) is 18.6. The van der Waals surface area contributed by atoms with E-state index in [9.17, 15) is 14.4 Å². The molecule has 3 saturated heterocycles. The standard InChI is InChI=1S/C43H48ClN11O3/c1-46-36-24-39(50-55-38(41(45)57)26-48-42(36)55)54-18-14-31-30(3-2-4-37(31)54)35-9-6-29(25-47-35)53-21-19-51(20-22-53)15-11-27-12-16-52(17-13-27)28-5-8-34(44)33(23-28)32-7-10-40(56)49-43(32)58/h2-6,8-9,23-27,32,46H,7,10-22H2,1H3,(H2,45,57)(H,49,56,58). The molecule has 9 rings (SSSR count). The van der Waals surface area contributed by atoms with Gasteiger partial charge in [-0.1, -0.05) is 23.7 Å². The van der Waals surface area contributed by atoms with Crippen molar-refractivity contribution in [1.82, 2.24) is 29.8 Å². The Bertz CT molecular complexity index is 2370. The molecule has 0 radical (unpaired) electrons. The monoisotopic (exact) mass is 801 g/mol. The predicted octanol–water partition coefficient (Wildman–Crippen LogP) is 5.23. The van der Waals surface area contributed by atoms with Crippen LogP contribution < -0.4 is 31.1 Å². The number of aromatic nitrogens is 4. The van der Waals surface area contributed by atoms with Gasteiger partial charge in [0.25, 0.3) is 5.91 Å². The van der Waals surface area contributed by atoms with Gasteiger partial charge in [-0.3, -0.25) is 29.6 Å². The van der Waals surface area contributed by atoms with Crippen molar-refractivity contribution in [2.45, 2.75) is 44.4 Å². The molecule has 3 aromatic heterocycles. The van der Waals surface area contributed by atoms with E-state index in [1.54, 1.807) is 0 Å². The molecule has 0 bridgehead atoms. The Labute approximate surface area is 342 Å². The third-order valence-electron chi connectivity index (χ3n) is 12.5. The van der Waals surface area contributed by atoms with Gasteiger partial charge in [-0.25, -0.2) is 9.50 Å². The van der Waals surface area contributed by atoms with Crippen LogP contribution in [-0.2, 0) is 16.0 Å². The second-order valence-corrected chi connectivity index (χ2v) is 16.2. The normalized spacial score (nSPS) is 19.1. The number of hydrogen-bond donors (Lipinski definition) is 3. The first kappa shape index (κ1) is 37.8. The Balaban J connectivity index is 0.776. The highest BCUT2D eigenvalue weighted by molar-refractivity contribution is 6.31. The lowest BCUT2D eigenvalue weighted by atomic mass is 9.89. The molecule has 0 saturated carbocycles. The van der Waals surface area contributed by atoms with Crippen LogP contribution in [-0.4, -0.2) is 102 Å². The molecule has 5 aromatic rings. The van der Waals surface area contributed by atoms with Gasteiger partial charge < -0.3 is 25.8 Å². The summed E-state index contributed by atoms with van der Waals surface area (Å²) >= 11 is 6.53. The van der Waals surface area contributed by atoms with E-state index in [-0.39, 0.29) is 23.4 Å². The first-order valence-corrected chi connectivity index (χ1v) is 20.7. The molecule has 4 aliphatic rings. The van der Waals surface area contributed by atoms with Gasteiger partial charge in [0.1, 0.15) is 5.69 Å². The molecule has 14 nitrogen and oxygen atoms in total. The summed E-state index contributed by atoms with van der Waals surface area (Å²) in [5.41, 5.74) is 14.6. The number of carbonyl (C=O) groups is 3. The molecule has 1 unspecified atom stereocenters. The Hall–Kier alpha value is -5.73. The van der Waals surface area contributed by atoms with E-state index in [1.165, 1.54) is 22.7 Å². The maximum absolute atomic E-state index is 12.5. The molecule has 4 aliphatic heterocycles. The fraction of sp³-hybridized carbons (Fsp3) is 0.395. The molecule has 15 heteroatoms. The van der Waals surface area contributed by atoms with Crippen molar-refractivity contribution in [2.75, 3.05) is 79.4 Å². The number of anilines is 5. The second-order valence-electron chi connectivity index (χ2n) is 15.8. The number of carbonyl (C=O) groups excluding carboxylic acids is 3. The zero-order chi connectivity index (χ0) is 39.9. The van der Waals surface area contributed by atoms with E-state index >= 15 is 0 Å². The molecule has 4 N–H and O–H groups in total. The smallest absolute Gasteiger partial charge is 0.269 e. The Kier molecular flexibility index (Phi) is 10.4. The van der Waals surface area contributed by atoms with Crippen LogP contribution in [0.2, 0.25) is 5.02 Å². The second kappa shape index (κ2) is 15.9. The molecular weight excluding hydrogens is 754 g/mol. The van der Waals surface area contributed by atoms with E-state index in [4.69, 9.17) is 27.4 Å². The van der Waals surface area contributed by atoms with E-state index in [2.05, 4.69) is 77.7 Å². The fourth-order valence-electron chi connectivity index (χ4n) is 9.14. The molecule has 58 heavy (non-hydrogen) atoms. The lowest BCUT2D eigenvalue weighted by Crippen LogP contribution is -2.47. The van der Waals surface area contributed by atoms with Crippen molar-refractivity contribution < 1.29 is 14.4 Å². The first-order valence-electron chi connectivity index (χ1n) is 20.3. The highest BCUT2D eigenvalue weighted by atomic mass is 35.5. The van der Waals surface area contributed by atoms with Gasteiger partial charge in [-0.15, -0.1) is 5.10 Å². The molecule has 0 spiro atoms. The van der Waals surface area contributed by atoms with Crippen molar-refractivity contribution in [3.8, 4) is 11.3 Å². The summed E-state index contributed by atoms with van der Waals surface area (Å²) in [5.74, 6) is -0.0289. The molecule has 3 amide bonds. The number of benzene rings is 2. The summed E-state index contributed by atoms with van der Waals surface area (Å²) in [6.07, 6.45) is 8.63. The van der Waals surface area contributed by atoms with E-state index < -0.39 is 5.91 Å². The largest absolute Gasteiger partial charge is 0.385 e. The highest BCUT2D eigenvalue weighted by Gasteiger charge is 2.31. The molecule has 2 aromatic carbocycles. The van der Waals surface area contributed by atoms with Crippen LogP contribution in [0.4, 0.5) is 28.6 Å². The van der Waals surface area contributed by atoms with Crippen LogP contribution in [0, 0.1) is 5.92 Å². The number of primary amides is 1. The van der Waals surface area contributed by atoms with E-state index in [1.807, 2.05) is 25.4 Å². The number of imidazole rings is 1. The van der Waals surface area contributed by atoms with Crippen LogP contribution in [0.1, 0.15) is 59.6 Å². The van der Waals surface area contributed by atoms with Gasteiger partial charge in [0.15, 0.2) is 11.5 Å². The number of imide groups is 1. The number of fused-ring (bicyclic) bond motifs is 2. The summed E-state index contributed by atoms with van der Waals surface area (Å²) in [5, 5.41) is 11.0. The average molecular weight is 802 g/mol. The fourth-order valence-corrected chi connectivity index (χ4v) is 9.39. The number of nitrogens with two attached hydrogens (primary N) is 1. The highest BCUT2D eigenvalue weighted by Crippen LogP contribution is 2.40. The van der Waals surface area contributed by atoms with Gasteiger partial charge in [0, 0.05) is 87.3 Å². The van der Waals surface area contributed by atoms with Crippen LogP contribution in [0.25, 0.3) is 16.9 Å². The zero-order valence-corrected chi connectivity index (χ0v) is 33.4. The number of piperazine rings is 1. The van der Waals surface area contributed by atoms with Crippen molar-refractivity contribution in [2.24, 2.45) is 11.7 Å². The number of rotatable bonds is 10. The first-order chi connectivity index (χ1) is 28.2. The molecule has 1 atom stereocenters. The average Bonchev–Trinajstić information content (AvgIpc) is 3.89. The van der Waals surface area contributed by atoms with E-state index in [0.29, 0.717) is 35.2 Å². The molecule has 0 aliphatic carbocycles. The number of hydrogen-bond acceptors (Lipinski definition) is 11. The van der Waals surface area contributed by atoms with Crippen LogP contribution >= 0.6 is 11.6 Å². The van der Waals surface area contributed by atoms with Crippen molar-refractivity contribution in [3.63, 3.8) is 0 Å². The maximum atomic E-state index is 12.5. The van der Waals surface area contributed by atoms with Gasteiger partial charge in [-0.05, 0) is 92.1 Å². The lowest BCUT2D eigenvalue weighted by Gasteiger charge is -2.38. The molecular formula is C43H48ClN11O3. The third-order valence-corrected chi connectivity index (χ3v) is 12.8. The minimum absolute atomic E-state index is 0.213. The predicted molar refractivity (Wildman–Crippen MR) is 226 cm³/mol. The van der Waals surface area contributed by atoms with E-state index in [0.717, 1.165) is 111 Å². The topological polar surface area (TPSA) is 157 Å². The minimum Gasteiger partial charge on any atom is -0.385 e. The molecule has 300 valence electrons. The van der Waals surface area contributed by atoms with Crippen molar-refractivity contribution >= 4 is 63.5 Å². The number of nitrogens with zero attached hydrogens (tertiary/aromatic N) is 8. The number of halogens is 1. The lowest BCUT2D eigenvalue weighted by molar-refractivity contribution is -0.134. The SMILES string of the molecule is CNc1cc(N2CCc3c(-c4ccc(N5CCN(CCC6CCN(c7ccc(Cl)c(C8CCC(=O)NC8=O)c7)CC6)CC5)cn4)cccc32)nn2c(C(N)=O)cnc12. The quantitative estimate of drug-likeness (QED) is 0.159. The van der Waals surface area contributed by atoms with Gasteiger partial charge in [-0.2, -0.15) is 0 Å². The molecule has 3 fully saturated rings. The Morgan fingerprint density at radius 1 is 0.897 bits per heavy atom. The number of pyridine rings is 1. The maximum Gasteiger partial charge on any atom is 0.269 e. The number of amides is 3. The zero-order valence-electron chi connectivity index (χ0n) is 32.7. The number of piperidine rings is 2.